The van der Waals surface area contributed by atoms with Crippen molar-refractivity contribution >= 4 is 0 Å². The Morgan fingerprint density at radius 2 is 2.04 bits per heavy atom. The summed E-state index contributed by atoms with van der Waals surface area (Å²) in [4.78, 5) is 4.29. The average Bonchev–Trinajstić information content (AvgIpc) is 3.18. The Morgan fingerprint density at radius 3 is 2.88 bits per heavy atom. The number of aryl methyl sites for hydroxylation is 2. The molecule has 6 nitrogen and oxygen atoms in total. The molecule has 3 aromatic rings. The van der Waals surface area contributed by atoms with Crippen LogP contribution in [-0.4, -0.2) is 30.6 Å². The summed E-state index contributed by atoms with van der Waals surface area (Å²) in [6, 6.07) is 10.7. The van der Waals surface area contributed by atoms with Gasteiger partial charge >= 0.3 is 0 Å². The summed E-state index contributed by atoms with van der Waals surface area (Å²) in [6.45, 7) is 5.94. The first kappa shape index (κ1) is 15.1. The van der Waals surface area contributed by atoms with Crippen molar-refractivity contribution in [1.82, 2.24) is 29.9 Å². The van der Waals surface area contributed by atoms with Crippen molar-refractivity contribution in [3.05, 3.63) is 59.4 Å². The van der Waals surface area contributed by atoms with Gasteiger partial charge in [-0.25, -0.2) is 14.3 Å². The third kappa shape index (κ3) is 2.73. The minimum absolute atomic E-state index is 0.429. The summed E-state index contributed by atoms with van der Waals surface area (Å²) in [7, 11) is 0. The minimum Gasteiger partial charge on any atom is -0.308 e. The van der Waals surface area contributed by atoms with Gasteiger partial charge in [0.1, 0.15) is 12.2 Å². The van der Waals surface area contributed by atoms with Gasteiger partial charge in [-0.3, -0.25) is 0 Å². The quantitative estimate of drug-likeness (QED) is 0.800. The number of fused-ring (bicyclic) bond motifs is 1. The molecule has 0 saturated carbocycles. The summed E-state index contributed by atoms with van der Waals surface area (Å²) in [5.74, 6) is 1.09. The lowest BCUT2D eigenvalue weighted by atomic mass is 10.1. The van der Waals surface area contributed by atoms with E-state index in [1.807, 2.05) is 27.6 Å². The molecular formula is C18H22N6. The van der Waals surface area contributed by atoms with Crippen LogP contribution in [0.4, 0.5) is 0 Å². The molecule has 0 radical (unpaired) electrons. The van der Waals surface area contributed by atoms with E-state index in [0.717, 1.165) is 43.1 Å². The average molecular weight is 322 g/mol. The van der Waals surface area contributed by atoms with Gasteiger partial charge in [-0.1, -0.05) is 18.2 Å². The maximum Gasteiger partial charge on any atom is 0.138 e. The van der Waals surface area contributed by atoms with Gasteiger partial charge in [0, 0.05) is 30.3 Å². The van der Waals surface area contributed by atoms with Gasteiger partial charge in [0.2, 0.25) is 0 Å². The lowest BCUT2D eigenvalue weighted by Crippen LogP contribution is -2.37. The van der Waals surface area contributed by atoms with Crippen molar-refractivity contribution in [2.75, 3.05) is 0 Å². The zero-order chi connectivity index (χ0) is 16.5. The molecule has 0 saturated heterocycles. The fraction of sp³-hybridized carbons (Fsp3) is 0.389. The van der Waals surface area contributed by atoms with Crippen molar-refractivity contribution in [2.24, 2.45) is 0 Å². The molecule has 1 atom stereocenters. The maximum atomic E-state index is 4.72. The van der Waals surface area contributed by atoms with Crippen LogP contribution in [0.2, 0.25) is 0 Å². The second-order valence-corrected chi connectivity index (χ2v) is 6.37. The summed E-state index contributed by atoms with van der Waals surface area (Å²) in [6.07, 6.45) is 3.73. The summed E-state index contributed by atoms with van der Waals surface area (Å²) in [5, 5.41) is 12.7. The van der Waals surface area contributed by atoms with Crippen molar-refractivity contribution < 1.29 is 0 Å². The zero-order valence-corrected chi connectivity index (χ0v) is 14.1. The molecule has 0 amide bonds. The largest absolute Gasteiger partial charge is 0.308 e. The van der Waals surface area contributed by atoms with Crippen molar-refractivity contribution in [3.63, 3.8) is 0 Å². The Labute approximate surface area is 141 Å². The molecule has 1 aromatic carbocycles. The Morgan fingerprint density at radius 1 is 1.21 bits per heavy atom. The van der Waals surface area contributed by atoms with Crippen LogP contribution in [0, 0.1) is 13.8 Å². The molecule has 1 N–H and O–H groups in total. The molecule has 0 aliphatic carbocycles. The predicted octanol–water partition coefficient (Wildman–Crippen LogP) is 2.19. The van der Waals surface area contributed by atoms with Crippen LogP contribution in [0.1, 0.15) is 29.2 Å². The van der Waals surface area contributed by atoms with Crippen LogP contribution < -0.4 is 5.32 Å². The van der Waals surface area contributed by atoms with Crippen LogP contribution in [0.5, 0.6) is 0 Å². The number of hydrogen-bond donors (Lipinski definition) is 1. The zero-order valence-electron chi connectivity index (χ0n) is 14.1. The van der Waals surface area contributed by atoms with Gasteiger partial charge in [0.25, 0.3) is 0 Å². The van der Waals surface area contributed by atoms with Gasteiger partial charge in [-0.05, 0) is 32.4 Å². The highest BCUT2D eigenvalue weighted by atomic mass is 15.3. The van der Waals surface area contributed by atoms with Crippen LogP contribution in [0.3, 0.4) is 0 Å². The monoisotopic (exact) mass is 322 g/mol. The number of hydrogen-bond acceptors (Lipinski definition) is 4. The summed E-state index contributed by atoms with van der Waals surface area (Å²) >= 11 is 0. The molecule has 1 aliphatic rings. The number of nitrogens with one attached hydrogen (secondary N) is 1. The number of nitrogens with zero attached hydrogens (tertiary/aromatic N) is 5. The van der Waals surface area contributed by atoms with E-state index in [-0.39, 0.29) is 0 Å². The van der Waals surface area contributed by atoms with E-state index in [1.165, 1.54) is 11.3 Å². The molecule has 24 heavy (non-hydrogen) atoms. The highest BCUT2D eigenvalue weighted by Crippen LogP contribution is 2.19. The van der Waals surface area contributed by atoms with E-state index >= 15 is 0 Å². The molecule has 0 bridgehead atoms. The predicted molar refractivity (Wildman–Crippen MR) is 92.0 cm³/mol. The van der Waals surface area contributed by atoms with E-state index in [2.05, 4.69) is 41.4 Å². The Kier molecular flexibility index (Phi) is 3.90. The minimum atomic E-state index is 0.429. The Bertz CT molecular complexity index is 833. The van der Waals surface area contributed by atoms with Crippen molar-refractivity contribution in [3.8, 4) is 5.69 Å². The molecule has 1 aliphatic heterocycles. The molecule has 4 rings (SSSR count). The van der Waals surface area contributed by atoms with Crippen LogP contribution in [-0.2, 0) is 19.5 Å². The topological polar surface area (TPSA) is 60.6 Å². The van der Waals surface area contributed by atoms with Crippen LogP contribution in [0.25, 0.3) is 5.69 Å². The SMILES string of the molecule is Cc1nn(-c2ccccc2)c(C)c1CN[C@@H]1CCc2ncnn2C1. The fourth-order valence-electron chi connectivity index (χ4n) is 3.40. The van der Waals surface area contributed by atoms with Gasteiger partial charge in [-0.2, -0.15) is 10.2 Å². The second-order valence-electron chi connectivity index (χ2n) is 6.37. The standard InChI is InChI=1S/C18H22N6/c1-13-17(14(2)24(22-13)16-6-4-3-5-7-16)10-19-15-8-9-18-20-12-21-23(18)11-15/h3-7,12,15,19H,8-11H2,1-2H3/t15-/m1/s1. The van der Waals surface area contributed by atoms with Crippen LogP contribution in [0.15, 0.2) is 36.7 Å². The number of para-hydroxylation sites is 1. The van der Waals surface area contributed by atoms with E-state index < -0.39 is 0 Å². The third-order valence-electron chi connectivity index (χ3n) is 4.81. The Balaban J connectivity index is 1.49. The van der Waals surface area contributed by atoms with E-state index in [4.69, 9.17) is 5.10 Å². The van der Waals surface area contributed by atoms with Crippen molar-refractivity contribution in [2.45, 2.75) is 45.8 Å². The van der Waals surface area contributed by atoms with E-state index in [1.54, 1.807) is 6.33 Å². The molecule has 6 heteroatoms. The van der Waals surface area contributed by atoms with Crippen LogP contribution >= 0.6 is 0 Å². The number of rotatable bonds is 4. The molecule has 0 spiro atoms. The lowest BCUT2D eigenvalue weighted by molar-refractivity contribution is 0.357. The normalized spacial score (nSPS) is 17.0. The first-order valence-corrected chi connectivity index (χ1v) is 8.43. The molecule has 0 unspecified atom stereocenters. The second kappa shape index (κ2) is 6.20. The fourth-order valence-corrected chi connectivity index (χ4v) is 3.40. The van der Waals surface area contributed by atoms with Gasteiger partial charge in [-0.15, -0.1) is 0 Å². The van der Waals surface area contributed by atoms with Gasteiger partial charge < -0.3 is 5.32 Å². The molecule has 124 valence electrons. The first-order valence-electron chi connectivity index (χ1n) is 8.43. The highest BCUT2D eigenvalue weighted by Gasteiger charge is 2.20. The molecule has 2 aromatic heterocycles. The van der Waals surface area contributed by atoms with Gasteiger partial charge in [0.05, 0.1) is 17.9 Å². The maximum absolute atomic E-state index is 4.72. The summed E-state index contributed by atoms with van der Waals surface area (Å²) < 4.78 is 4.04. The number of benzene rings is 1. The van der Waals surface area contributed by atoms with E-state index in [0.29, 0.717) is 6.04 Å². The summed E-state index contributed by atoms with van der Waals surface area (Å²) in [5.41, 5.74) is 4.67. The first-order chi connectivity index (χ1) is 11.7. The number of aromatic nitrogens is 5. The molecule has 3 heterocycles. The highest BCUT2D eigenvalue weighted by molar-refractivity contribution is 5.36. The van der Waals surface area contributed by atoms with E-state index in [9.17, 15) is 0 Å². The lowest BCUT2D eigenvalue weighted by Gasteiger charge is -2.23. The Hall–Kier alpha value is -2.47. The third-order valence-corrected chi connectivity index (χ3v) is 4.81. The molecular weight excluding hydrogens is 300 g/mol. The van der Waals surface area contributed by atoms with Crippen molar-refractivity contribution in [1.29, 1.82) is 0 Å². The smallest absolute Gasteiger partial charge is 0.138 e. The van der Waals surface area contributed by atoms with Gasteiger partial charge in [0.15, 0.2) is 0 Å². The molecule has 0 fully saturated rings.